The maximum atomic E-state index is 12.0. The number of pyridine rings is 1. The Labute approximate surface area is 194 Å². The second-order valence-electron chi connectivity index (χ2n) is 8.28. The first kappa shape index (κ1) is 23.9. The van der Waals surface area contributed by atoms with E-state index in [0.29, 0.717) is 5.69 Å². The van der Waals surface area contributed by atoms with Gasteiger partial charge in [-0.3, -0.25) is 0 Å². The summed E-state index contributed by atoms with van der Waals surface area (Å²) >= 11 is 6.02. The largest absolute Gasteiger partial charge is 0.407 e. The van der Waals surface area contributed by atoms with E-state index in [2.05, 4.69) is 50.0 Å². The van der Waals surface area contributed by atoms with E-state index in [1.165, 1.54) is 12.1 Å². The number of benzene rings is 2. The van der Waals surface area contributed by atoms with Crippen LogP contribution in [-0.4, -0.2) is 28.3 Å². The van der Waals surface area contributed by atoms with Gasteiger partial charge in [-0.25, -0.2) is 13.4 Å². The lowest BCUT2D eigenvalue weighted by atomic mass is 10.2. The van der Waals surface area contributed by atoms with Crippen LogP contribution in [0.15, 0.2) is 77.7 Å². The minimum absolute atomic E-state index is 0.0374. The van der Waals surface area contributed by atoms with Crippen LogP contribution in [0.1, 0.15) is 26.5 Å². The van der Waals surface area contributed by atoms with Crippen molar-refractivity contribution in [3.63, 3.8) is 0 Å². The average Bonchev–Trinajstić information content (AvgIpc) is 2.71. The second-order valence-corrected chi connectivity index (χ2v) is 15.5. The molecule has 0 unspecified atom stereocenters. The lowest BCUT2D eigenvalue weighted by Crippen LogP contribution is -2.66. The zero-order valence-corrected chi connectivity index (χ0v) is 21.0. The molecule has 0 saturated heterocycles. The van der Waals surface area contributed by atoms with E-state index in [0.717, 1.165) is 10.4 Å². The third-order valence-electron chi connectivity index (χ3n) is 5.24. The molecule has 0 spiro atoms. The zero-order valence-electron chi connectivity index (χ0n) is 17.7. The Morgan fingerprint density at radius 1 is 0.903 bits per heavy atom. The van der Waals surface area contributed by atoms with Crippen LogP contribution in [0.5, 0.6) is 0 Å². The molecule has 0 fully saturated rings. The molecule has 0 aliphatic heterocycles. The summed E-state index contributed by atoms with van der Waals surface area (Å²) in [5.41, 5.74) is 0.306. The van der Waals surface area contributed by atoms with Gasteiger partial charge in [-0.15, -0.1) is 0 Å². The third-order valence-corrected chi connectivity index (χ3v) is 11.9. The van der Waals surface area contributed by atoms with Crippen molar-refractivity contribution >= 4 is 50.0 Å². The van der Waals surface area contributed by atoms with Crippen LogP contribution in [0.2, 0.25) is 10.2 Å². The Balaban J connectivity index is 2.03. The van der Waals surface area contributed by atoms with Gasteiger partial charge in [0.05, 0.1) is 5.69 Å². The van der Waals surface area contributed by atoms with Crippen LogP contribution in [0.4, 0.5) is 0 Å². The van der Waals surface area contributed by atoms with Gasteiger partial charge >= 0.3 is 0 Å². The minimum atomic E-state index is -3.94. The van der Waals surface area contributed by atoms with Gasteiger partial charge in [-0.2, -0.15) is 0 Å². The highest BCUT2D eigenvalue weighted by atomic mass is 35.7. The fourth-order valence-corrected chi connectivity index (χ4v) is 9.74. The first-order valence-corrected chi connectivity index (χ1v) is 14.5. The fraction of sp³-hybridized carbons (Fsp3) is 0.261. The van der Waals surface area contributed by atoms with Crippen molar-refractivity contribution in [1.82, 2.24) is 4.98 Å². The van der Waals surface area contributed by atoms with Crippen LogP contribution in [0.25, 0.3) is 0 Å². The monoisotopic (exact) mass is 493 g/mol. The molecule has 0 aliphatic rings. The van der Waals surface area contributed by atoms with Crippen LogP contribution < -0.4 is 10.4 Å². The van der Waals surface area contributed by atoms with E-state index < -0.39 is 17.4 Å². The predicted molar refractivity (Wildman–Crippen MR) is 130 cm³/mol. The normalized spacial score (nSPS) is 12.7. The number of aromatic nitrogens is 1. The summed E-state index contributed by atoms with van der Waals surface area (Å²) in [4.78, 5) is 4.17. The zero-order chi connectivity index (χ0) is 22.7. The van der Waals surface area contributed by atoms with Gasteiger partial charge < -0.3 is 4.43 Å². The molecular formula is C23H25Cl2NO3SSi. The Kier molecular flexibility index (Phi) is 7.28. The Hall–Kier alpha value is -1.70. The fourth-order valence-electron chi connectivity index (χ4n) is 3.93. The molecule has 0 saturated carbocycles. The maximum absolute atomic E-state index is 12.0. The number of hydrogen-bond donors (Lipinski definition) is 0. The van der Waals surface area contributed by atoms with Crippen LogP contribution in [0.3, 0.4) is 0 Å². The van der Waals surface area contributed by atoms with Crippen molar-refractivity contribution in [2.45, 2.75) is 37.1 Å². The molecule has 0 bridgehead atoms. The molecule has 1 heterocycles. The lowest BCUT2D eigenvalue weighted by Gasteiger charge is -2.43. The van der Waals surface area contributed by atoms with E-state index in [4.69, 9.17) is 26.7 Å². The summed E-state index contributed by atoms with van der Waals surface area (Å²) in [7, 11) is -1.06. The standard InChI is InChI=1S/C23H25Cl2NO3SSi/c1-23(2,3)31(18-10-6-4-7-11-18,19-12-8-5-9-13-19)29-17-16-20-21(30(25,27)28)14-15-22(24)26-20/h4-15H,16-17H2,1-3H3. The van der Waals surface area contributed by atoms with Gasteiger partial charge in [0.1, 0.15) is 10.0 Å². The SMILES string of the molecule is CC(C)(C)[Si](OCCc1nc(Cl)ccc1S(=O)(=O)Cl)(c1ccccc1)c1ccccc1. The molecule has 4 nitrogen and oxygen atoms in total. The molecule has 2 aromatic carbocycles. The highest BCUT2D eigenvalue weighted by Crippen LogP contribution is 2.37. The Morgan fingerprint density at radius 3 is 1.87 bits per heavy atom. The number of halogens is 2. The first-order valence-electron chi connectivity index (χ1n) is 9.91. The van der Waals surface area contributed by atoms with Crippen LogP contribution >= 0.6 is 22.3 Å². The van der Waals surface area contributed by atoms with E-state index in [1.807, 2.05) is 36.4 Å². The molecule has 31 heavy (non-hydrogen) atoms. The minimum Gasteiger partial charge on any atom is -0.407 e. The van der Waals surface area contributed by atoms with Gasteiger partial charge in [0.15, 0.2) is 0 Å². The quantitative estimate of drug-likeness (QED) is 0.270. The molecule has 0 radical (unpaired) electrons. The van der Waals surface area contributed by atoms with Gasteiger partial charge in [0.25, 0.3) is 17.4 Å². The highest BCUT2D eigenvalue weighted by Gasteiger charge is 2.50. The summed E-state index contributed by atoms with van der Waals surface area (Å²) in [5, 5.41) is 2.33. The molecular weight excluding hydrogens is 469 g/mol. The van der Waals surface area contributed by atoms with Crippen molar-refractivity contribution in [1.29, 1.82) is 0 Å². The summed E-state index contributed by atoms with van der Waals surface area (Å²) in [6, 6.07) is 23.3. The average molecular weight is 495 g/mol. The van der Waals surface area contributed by atoms with Gasteiger partial charge in [0.2, 0.25) is 0 Å². The van der Waals surface area contributed by atoms with E-state index >= 15 is 0 Å². The summed E-state index contributed by atoms with van der Waals surface area (Å²) in [6.45, 7) is 6.84. The van der Waals surface area contributed by atoms with E-state index in [9.17, 15) is 8.42 Å². The Bertz CT molecular complexity index is 1090. The van der Waals surface area contributed by atoms with Crippen molar-refractivity contribution in [3.05, 3.63) is 83.6 Å². The van der Waals surface area contributed by atoms with Crippen LogP contribution in [0, 0.1) is 0 Å². The Morgan fingerprint density at radius 2 is 1.42 bits per heavy atom. The summed E-state index contributed by atoms with van der Waals surface area (Å²) < 4.78 is 30.8. The molecule has 0 aliphatic carbocycles. The summed E-state index contributed by atoms with van der Waals surface area (Å²) in [5.74, 6) is 0. The topological polar surface area (TPSA) is 56.3 Å². The van der Waals surface area contributed by atoms with Gasteiger partial charge in [-0.05, 0) is 27.5 Å². The highest BCUT2D eigenvalue weighted by molar-refractivity contribution is 8.13. The van der Waals surface area contributed by atoms with E-state index in [1.54, 1.807) is 0 Å². The molecule has 0 N–H and O–H groups in total. The van der Waals surface area contributed by atoms with Crippen molar-refractivity contribution in [3.8, 4) is 0 Å². The molecule has 0 amide bonds. The van der Waals surface area contributed by atoms with E-state index in [-0.39, 0.29) is 28.1 Å². The van der Waals surface area contributed by atoms with Crippen molar-refractivity contribution < 1.29 is 12.8 Å². The predicted octanol–water partition coefficient (Wildman–Crippen LogP) is 4.78. The van der Waals surface area contributed by atoms with Crippen molar-refractivity contribution in [2.75, 3.05) is 6.61 Å². The molecule has 3 rings (SSSR count). The number of hydrogen-bond acceptors (Lipinski definition) is 4. The maximum Gasteiger partial charge on any atom is 0.263 e. The molecule has 164 valence electrons. The number of rotatable bonds is 7. The third kappa shape index (κ3) is 5.21. The lowest BCUT2D eigenvalue weighted by molar-refractivity contribution is 0.299. The van der Waals surface area contributed by atoms with Gasteiger partial charge in [0, 0.05) is 23.7 Å². The molecule has 0 atom stereocenters. The number of nitrogens with zero attached hydrogens (tertiary/aromatic N) is 1. The second kappa shape index (κ2) is 9.43. The molecule has 3 aromatic rings. The van der Waals surface area contributed by atoms with Crippen molar-refractivity contribution in [2.24, 2.45) is 0 Å². The smallest absolute Gasteiger partial charge is 0.263 e. The van der Waals surface area contributed by atoms with Crippen LogP contribution in [-0.2, 0) is 19.9 Å². The first-order chi connectivity index (χ1) is 14.6. The van der Waals surface area contributed by atoms with Gasteiger partial charge in [-0.1, -0.05) is 93.0 Å². The summed E-state index contributed by atoms with van der Waals surface area (Å²) in [6.07, 6.45) is 0.270. The molecule has 1 aromatic heterocycles. The molecule has 8 heteroatoms.